The van der Waals surface area contributed by atoms with Gasteiger partial charge in [0, 0.05) is 12.2 Å². The first-order valence-corrected chi connectivity index (χ1v) is 4.49. The second-order valence-electron chi connectivity index (χ2n) is 3.43. The summed E-state index contributed by atoms with van der Waals surface area (Å²) in [6.07, 6.45) is 3.66. The van der Waals surface area contributed by atoms with E-state index in [1.165, 1.54) is 5.56 Å². The van der Waals surface area contributed by atoms with Gasteiger partial charge in [-0.25, -0.2) is 4.98 Å². The highest BCUT2D eigenvalue weighted by Crippen LogP contribution is 2.13. The van der Waals surface area contributed by atoms with Crippen LogP contribution in [-0.2, 0) is 0 Å². The van der Waals surface area contributed by atoms with Crippen LogP contribution in [0.5, 0.6) is 0 Å². The van der Waals surface area contributed by atoms with E-state index in [0.717, 1.165) is 11.4 Å². The molecule has 0 amide bonds. The predicted octanol–water partition coefficient (Wildman–Crippen LogP) is 2.85. The largest absolute Gasteiger partial charge is 0.368 e. The number of hydrogen-bond acceptors (Lipinski definition) is 2. The van der Waals surface area contributed by atoms with Crippen LogP contribution in [-0.4, -0.2) is 11.0 Å². The summed E-state index contributed by atoms with van der Waals surface area (Å²) in [5, 5.41) is 3.25. The number of aryl methyl sites for hydroxylation is 1. The molecule has 0 aliphatic rings. The summed E-state index contributed by atoms with van der Waals surface area (Å²) in [5.41, 5.74) is 2.29. The Kier molecular flexibility index (Phi) is 3.07. The van der Waals surface area contributed by atoms with Crippen LogP contribution in [0.1, 0.15) is 25.0 Å². The normalized spacial score (nSPS) is 10.2. The third-order valence-corrected chi connectivity index (χ3v) is 1.81. The monoisotopic (exact) mass is 176 g/mol. The van der Waals surface area contributed by atoms with E-state index in [0.29, 0.717) is 6.04 Å². The molecule has 0 aliphatic carbocycles. The molecular formula is C11H16N2. The predicted molar refractivity (Wildman–Crippen MR) is 57.8 cm³/mol. The minimum atomic E-state index is 0.418. The van der Waals surface area contributed by atoms with Gasteiger partial charge in [-0.3, -0.25) is 0 Å². The molecule has 70 valence electrons. The molecule has 2 heteroatoms. The van der Waals surface area contributed by atoms with Crippen molar-refractivity contribution in [1.29, 1.82) is 0 Å². The van der Waals surface area contributed by atoms with Gasteiger partial charge in [0.25, 0.3) is 0 Å². The molecular weight excluding hydrogens is 160 g/mol. The molecule has 0 unspecified atom stereocenters. The van der Waals surface area contributed by atoms with Crippen molar-refractivity contribution in [1.82, 2.24) is 4.98 Å². The molecule has 0 radical (unpaired) electrons. The molecule has 2 nitrogen and oxygen atoms in total. The zero-order valence-electron chi connectivity index (χ0n) is 8.46. The van der Waals surface area contributed by atoms with E-state index in [4.69, 9.17) is 0 Å². The average molecular weight is 176 g/mol. The molecule has 0 bridgehead atoms. The van der Waals surface area contributed by atoms with Gasteiger partial charge in [0.05, 0.1) is 0 Å². The number of nitrogens with zero attached hydrogens (tertiary/aromatic N) is 1. The highest BCUT2D eigenvalue weighted by Gasteiger charge is 1.99. The first kappa shape index (κ1) is 9.78. The molecule has 1 rings (SSSR count). The van der Waals surface area contributed by atoms with Crippen molar-refractivity contribution in [2.45, 2.75) is 26.8 Å². The van der Waals surface area contributed by atoms with Crippen molar-refractivity contribution in [2.75, 3.05) is 5.32 Å². The minimum Gasteiger partial charge on any atom is -0.368 e. The summed E-state index contributed by atoms with van der Waals surface area (Å²) in [6, 6.07) is 2.46. The van der Waals surface area contributed by atoms with Crippen molar-refractivity contribution in [3.63, 3.8) is 0 Å². The number of pyridine rings is 1. The van der Waals surface area contributed by atoms with Gasteiger partial charge in [-0.15, -0.1) is 0 Å². The van der Waals surface area contributed by atoms with Gasteiger partial charge >= 0.3 is 0 Å². The number of anilines is 1. The summed E-state index contributed by atoms with van der Waals surface area (Å²) >= 11 is 0. The quantitative estimate of drug-likeness (QED) is 0.766. The van der Waals surface area contributed by atoms with Gasteiger partial charge in [-0.1, -0.05) is 12.7 Å². The van der Waals surface area contributed by atoms with Gasteiger partial charge in [0.2, 0.25) is 0 Å². The molecule has 1 aromatic heterocycles. The smallest absolute Gasteiger partial charge is 0.126 e. The van der Waals surface area contributed by atoms with E-state index < -0.39 is 0 Å². The third-order valence-electron chi connectivity index (χ3n) is 1.81. The molecule has 0 fully saturated rings. The summed E-state index contributed by atoms with van der Waals surface area (Å²) in [5.74, 6) is 0.929. The second kappa shape index (κ2) is 4.08. The molecule has 13 heavy (non-hydrogen) atoms. The maximum Gasteiger partial charge on any atom is 0.126 e. The Labute approximate surface area is 79.7 Å². The van der Waals surface area contributed by atoms with Gasteiger partial charge in [0.15, 0.2) is 0 Å². The van der Waals surface area contributed by atoms with Gasteiger partial charge in [0.1, 0.15) is 5.82 Å². The minimum absolute atomic E-state index is 0.418. The lowest BCUT2D eigenvalue weighted by molar-refractivity contribution is 0.888. The Morgan fingerprint density at radius 2 is 2.23 bits per heavy atom. The highest BCUT2D eigenvalue weighted by molar-refractivity contribution is 5.54. The highest BCUT2D eigenvalue weighted by atomic mass is 15.0. The van der Waals surface area contributed by atoms with E-state index >= 15 is 0 Å². The summed E-state index contributed by atoms with van der Waals surface area (Å²) in [4.78, 5) is 4.27. The van der Waals surface area contributed by atoms with E-state index in [9.17, 15) is 0 Å². The number of nitrogens with one attached hydrogen (secondary N) is 1. The van der Waals surface area contributed by atoms with Crippen molar-refractivity contribution in [3.8, 4) is 0 Å². The summed E-state index contributed by atoms with van der Waals surface area (Å²) < 4.78 is 0. The van der Waals surface area contributed by atoms with Crippen LogP contribution < -0.4 is 5.32 Å². The van der Waals surface area contributed by atoms with Crippen molar-refractivity contribution in [3.05, 3.63) is 30.0 Å². The average Bonchev–Trinajstić information content (AvgIpc) is 2.03. The lowest BCUT2D eigenvalue weighted by Gasteiger charge is -2.10. The van der Waals surface area contributed by atoms with E-state index in [1.807, 2.05) is 18.3 Å². The Morgan fingerprint density at radius 1 is 1.54 bits per heavy atom. The second-order valence-corrected chi connectivity index (χ2v) is 3.43. The van der Waals surface area contributed by atoms with Crippen molar-refractivity contribution in [2.24, 2.45) is 0 Å². The van der Waals surface area contributed by atoms with Crippen LogP contribution in [0, 0.1) is 6.92 Å². The molecule has 0 aliphatic heterocycles. The van der Waals surface area contributed by atoms with Crippen LogP contribution in [0.15, 0.2) is 18.8 Å². The van der Waals surface area contributed by atoms with Crippen molar-refractivity contribution >= 4 is 11.9 Å². The Bertz CT molecular complexity index is 303. The van der Waals surface area contributed by atoms with Gasteiger partial charge in [-0.2, -0.15) is 0 Å². The Balaban J connectivity index is 2.89. The third kappa shape index (κ3) is 2.58. The maximum atomic E-state index is 4.27. The number of rotatable bonds is 3. The molecule has 0 saturated carbocycles. The summed E-state index contributed by atoms with van der Waals surface area (Å²) in [6.45, 7) is 9.97. The molecule has 0 spiro atoms. The van der Waals surface area contributed by atoms with Gasteiger partial charge in [-0.05, 0) is 38.0 Å². The van der Waals surface area contributed by atoms with Crippen LogP contribution in [0.2, 0.25) is 0 Å². The van der Waals surface area contributed by atoms with Crippen LogP contribution in [0.4, 0.5) is 5.82 Å². The molecule has 0 atom stereocenters. The first-order chi connectivity index (χ1) is 6.13. The topological polar surface area (TPSA) is 24.9 Å². The lowest BCUT2D eigenvalue weighted by atomic mass is 10.1. The van der Waals surface area contributed by atoms with E-state index in [1.54, 1.807) is 0 Å². The lowest BCUT2D eigenvalue weighted by Crippen LogP contribution is -2.11. The fourth-order valence-electron chi connectivity index (χ4n) is 1.15. The van der Waals surface area contributed by atoms with E-state index in [-0.39, 0.29) is 0 Å². The molecule has 1 aromatic rings. The van der Waals surface area contributed by atoms with Gasteiger partial charge < -0.3 is 5.32 Å². The zero-order chi connectivity index (χ0) is 9.84. The SMILES string of the molecule is C=Cc1cnc(NC(C)C)cc1C. The first-order valence-electron chi connectivity index (χ1n) is 4.49. The molecule has 1 N–H and O–H groups in total. The molecule has 0 aromatic carbocycles. The Hall–Kier alpha value is -1.31. The maximum absolute atomic E-state index is 4.27. The standard InChI is InChI=1S/C11H16N2/c1-5-10-7-12-11(6-9(10)4)13-8(2)3/h5-8H,1H2,2-4H3,(H,12,13). The fourth-order valence-corrected chi connectivity index (χ4v) is 1.15. The number of aromatic nitrogens is 1. The zero-order valence-corrected chi connectivity index (χ0v) is 8.46. The van der Waals surface area contributed by atoms with Crippen LogP contribution >= 0.6 is 0 Å². The summed E-state index contributed by atoms with van der Waals surface area (Å²) in [7, 11) is 0. The molecule has 0 saturated heterocycles. The fraction of sp³-hybridized carbons (Fsp3) is 0.364. The van der Waals surface area contributed by atoms with E-state index in [2.05, 4.69) is 37.7 Å². The van der Waals surface area contributed by atoms with Crippen molar-refractivity contribution < 1.29 is 0 Å². The van der Waals surface area contributed by atoms with Crippen LogP contribution in [0.25, 0.3) is 6.08 Å². The Morgan fingerprint density at radius 3 is 2.69 bits per heavy atom. The van der Waals surface area contributed by atoms with Crippen LogP contribution in [0.3, 0.4) is 0 Å². The number of hydrogen-bond donors (Lipinski definition) is 1. The molecule has 1 heterocycles.